The summed E-state index contributed by atoms with van der Waals surface area (Å²) in [4.78, 5) is 27.8. The second-order valence-electron chi connectivity index (χ2n) is 10.4. The van der Waals surface area contributed by atoms with Gasteiger partial charge in [-0.1, -0.05) is 0 Å². The van der Waals surface area contributed by atoms with E-state index in [2.05, 4.69) is 38.2 Å². The van der Waals surface area contributed by atoms with Crippen molar-refractivity contribution >= 4 is 23.7 Å². The number of anilines is 1. The van der Waals surface area contributed by atoms with Gasteiger partial charge in [-0.05, 0) is 79.2 Å². The van der Waals surface area contributed by atoms with Crippen molar-refractivity contribution in [2.45, 2.75) is 64.6 Å². The van der Waals surface area contributed by atoms with Crippen LogP contribution in [0.25, 0.3) is 0 Å². The monoisotopic (exact) mass is 535 g/mol. The van der Waals surface area contributed by atoms with Gasteiger partial charge in [0, 0.05) is 31.7 Å². The van der Waals surface area contributed by atoms with Crippen LogP contribution in [0.1, 0.15) is 51.3 Å². The van der Waals surface area contributed by atoms with E-state index in [1.807, 2.05) is 33.3 Å². The zero-order chi connectivity index (χ0) is 27.4. The summed E-state index contributed by atoms with van der Waals surface area (Å²) in [5.74, 6) is 0.843. The Morgan fingerprint density at radius 2 is 1.86 bits per heavy atom. The van der Waals surface area contributed by atoms with Crippen molar-refractivity contribution in [3.8, 4) is 12.1 Å². The number of aromatic nitrogens is 2. The molecule has 208 valence electrons. The minimum absolute atomic E-state index is 0.238. The molecule has 0 radical (unpaired) electrons. The van der Waals surface area contributed by atoms with Crippen molar-refractivity contribution in [3.63, 3.8) is 0 Å². The van der Waals surface area contributed by atoms with E-state index in [-0.39, 0.29) is 18.6 Å². The Hall–Kier alpha value is -2.29. The van der Waals surface area contributed by atoms with Crippen LogP contribution in [0, 0.1) is 11.3 Å². The molecule has 1 aromatic rings. The number of carbonyl (C=O) groups excluding carboxylic acids is 1. The molecular weight excluding hydrogens is 490 g/mol. The number of nitrogens with zero attached hydrogens (tertiary/aromatic N) is 6. The molecule has 0 bridgehead atoms. The summed E-state index contributed by atoms with van der Waals surface area (Å²) in [6.45, 7) is 11.3. The van der Waals surface area contributed by atoms with Crippen LogP contribution in [-0.2, 0) is 17.7 Å². The number of nitriles is 1. The molecule has 0 saturated carbocycles. The predicted octanol–water partition coefficient (Wildman–Crippen LogP) is 3.16. The van der Waals surface area contributed by atoms with Gasteiger partial charge in [-0.2, -0.15) is 27.0 Å². The lowest BCUT2D eigenvalue weighted by Crippen LogP contribution is -2.56. The number of methoxy groups -OCH3 is 1. The largest absolute Gasteiger partial charge is 0.467 e. The third kappa shape index (κ3) is 9.83. The molecule has 0 aliphatic carbocycles. The Labute approximate surface area is 227 Å². The molecule has 1 amide bonds. The lowest BCUT2D eigenvalue weighted by Gasteiger charge is -2.42. The highest BCUT2D eigenvalue weighted by Gasteiger charge is 2.35. The first-order valence-electron chi connectivity index (χ1n) is 13.0. The van der Waals surface area contributed by atoms with Crippen LogP contribution in [0.4, 0.5) is 10.6 Å². The second-order valence-corrected chi connectivity index (χ2v) is 11.3. The number of ether oxygens (including phenoxy) is 2. The summed E-state index contributed by atoms with van der Waals surface area (Å²) in [7, 11) is 3.73. The van der Waals surface area contributed by atoms with Gasteiger partial charge in [0.25, 0.3) is 0 Å². The average molecular weight is 536 g/mol. The maximum absolute atomic E-state index is 12.6. The summed E-state index contributed by atoms with van der Waals surface area (Å²) in [6.07, 6.45) is 7.61. The number of nitrogens with one attached hydrogen (secondary N) is 1. The number of amides is 1. The van der Waals surface area contributed by atoms with E-state index in [9.17, 15) is 10.1 Å². The normalized spacial score (nSPS) is 19.5. The number of piperazine rings is 1. The zero-order valence-electron chi connectivity index (χ0n) is 23.7. The van der Waals surface area contributed by atoms with Gasteiger partial charge < -0.3 is 29.5 Å². The SMILES string of the molecule is CN1CCCC1.COc1nc2c(c(N3CCN(C(=O)OC(C)(C)C)C(CC#N)C3)n1)CCNC2.CSC. The fourth-order valence-corrected chi connectivity index (χ4v) is 4.43. The third-order valence-corrected chi connectivity index (χ3v) is 6.14. The van der Waals surface area contributed by atoms with E-state index in [4.69, 9.17) is 9.47 Å². The van der Waals surface area contributed by atoms with Crippen molar-refractivity contribution in [2.24, 2.45) is 0 Å². The van der Waals surface area contributed by atoms with Gasteiger partial charge in [-0.3, -0.25) is 0 Å². The van der Waals surface area contributed by atoms with E-state index in [1.54, 1.807) is 23.8 Å². The molecule has 1 atom stereocenters. The molecule has 4 rings (SSSR count). The Kier molecular flexibility index (Phi) is 12.7. The van der Waals surface area contributed by atoms with Crippen molar-refractivity contribution in [2.75, 3.05) is 70.8 Å². The van der Waals surface area contributed by atoms with E-state index in [1.165, 1.54) is 25.9 Å². The van der Waals surface area contributed by atoms with Gasteiger partial charge in [0.2, 0.25) is 0 Å². The van der Waals surface area contributed by atoms with E-state index in [0.29, 0.717) is 32.2 Å². The number of hydrogen-bond acceptors (Lipinski definition) is 10. The first-order valence-corrected chi connectivity index (χ1v) is 14.6. The first kappa shape index (κ1) is 30.9. The third-order valence-electron chi connectivity index (χ3n) is 6.14. The standard InChI is InChI=1S/C19H28N6O3.C5H11N.C2H6S/c1-19(2,3)28-18(26)25-10-9-24(12-13(25)5-7-20)16-14-6-8-21-11-15(14)22-17(23-16)27-4;1-6-4-2-3-5-6;1-3-2/h13,21H,5-6,8-12H2,1-4H3;2-5H2,1H3;1-2H3. The molecule has 2 saturated heterocycles. The lowest BCUT2D eigenvalue weighted by atomic mass is 10.0. The van der Waals surface area contributed by atoms with Gasteiger partial charge in [-0.25, -0.2) is 4.79 Å². The zero-order valence-corrected chi connectivity index (χ0v) is 24.5. The van der Waals surface area contributed by atoms with Gasteiger partial charge in [-0.15, -0.1) is 0 Å². The van der Waals surface area contributed by atoms with Crippen LogP contribution in [0.2, 0.25) is 0 Å². The summed E-state index contributed by atoms with van der Waals surface area (Å²) in [5.41, 5.74) is 1.48. The maximum Gasteiger partial charge on any atom is 0.410 e. The minimum Gasteiger partial charge on any atom is -0.467 e. The number of rotatable bonds is 3. The van der Waals surface area contributed by atoms with E-state index >= 15 is 0 Å². The molecular formula is C26H45N7O3S. The van der Waals surface area contributed by atoms with Crippen LogP contribution in [-0.4, -0.2) is 103 Å². The molecule has 10 nitrogen and oxygen atoms in total. The molecule has 1 N–H and O–H groups in total. The highest BCUT2D eigenvalue weighted by atomic mass is 32.2. The van der Waals surface area contributed by atoms with Crippen LogP contribution in [0.3, 0.4) is 0 Å². The van der Waals surface area contributed by atoms with Gasteiger partial charge in [0.1, 0.15) is 11.4 Å². The molecule has 11 heteroatoms. The van der Waals surface area contributed by atoms with Crippen LogP contribution in [0.5, 0.6) is 6.01 Å². The molecule has 1 unspecified atom stereocenters. The first-order chi connectivity index (χ1) is 17.6. The molecule has 4 heterocycles. The molecule has 37 heavy (non-hydrogen) atoms. The van der Waals surface area contributed by atoms with Crippen molar-refractivity contribution < 1.29 is 14.3 Å². The van der Waals surface area contributed by atoms with Crippen LogP contribution >= 0.6 is 11.8 Å². The van der Waals surface area contributed by atoms with Gasteiger partial charge >= 0.3 is 12.1 Å². The highest BCUT2D eigenvalue weighted by molar-refractivity contribution is 7.97. The fraction of sp³-hybridized carbons (Fsp3) is 0.769. The predicted molar refractivity (Wildman–Crippen MR) is 149 cm³/mol. The van der Waals surface area contributed by atoms with Crippen LogP contribution < -0.4 is 15.0 Å². The number of thioether (sulfide) groups is 1. The number of carbonyl (C=O) groups is 1. The summed E-state index contributed by atoms with van der Waals surface area (Å²) >= 11 is 1.75. The molecule has 3 aliphatic rings. The van der Waals surface area contributed by atoms with Crippen molar-refractivity contribution in [3.05, 3.63) is 11.3 Å². The molecule has 2 fully saturated rings. The van der Waals surface area contributed by atoms with Gasteiger partial charge in [0.15, 0.2) is 0 Å². The van der Waals surface area contributed by atoms with E-state index in [0.717, 1.165) is 30.0 Å². The van der Waals surface area contributed by atoms with E-state index < -0.39 is 5.60 Å². The second kappa shape index (κ2) is 15.2. The highest BCUT2D eigenvalue weighted by Crippen LogP contribution is 2.29. The topological polar surface area (TPSA) is 107 Å². The fourth-order valence-electron chi connectivity index (χ4n) is 4.43. The molecule has 3 aliphatic heterocycles. The Bertz CT molecular complexity index is 897. The van der Waals surface area contributed by atoms with Gasteiger partial charge in [0.05, 0.1) is 31.3 Å². The molecule has 0 spiro atoms. The Balaban J connectivity index is 0.000000454. The van der Waals surface area contributed by atoms with Crippen molar-refractivity contribution in [1.29, 1.82) is 5.26 Å². The summed E-state index contributed by atoms with van der Waals surface area (Å²) in [6, 6.07) is 2.28. The quantitative estimate of drug-likeness (QED) is 0.620. The minimum atomic E-state index is -0.572. The summed E-state index contributed by atoms with van der Waals surface area (Å²) in [5, 5.41) is 12.6. The smallest absolute Gasteiger partial charge is 0.410 e. The molecule has 0 aromatic carbocycles. The Morgan fingerprint density at radius 3 is 2.41 bits per heavy atom. The lowest BCUT2D eigenvalue weighted by molar-refractivity contribution is 0.0144. The summed E-state index contributed by atoms with van der Waals surface area (Å²) < 4.78 is 10.8. The molecule has 1 aromatic heterocycles. The average Bonchev–Trinajstić information content (AvgIpc) is 3.34. The number of hydrogen-bond donors (Lipinski definition) is 1. The maximum atomic E-state index is 12.6. The van der Waals surface area contributed by atoms with Crippen LogP contribution in [0.15, 0.2) is 0 Å². The van der Waals surface area contributed by atoms with Crippen molar-refractivity contribution in [1.82, 2.24) is 25.1 Å². The number of fused-ring (bicyclic) bond motifs is 1. The number of likely N-dealkylation sites (tertiary alicyclic amines) is 1. The Morgan fingerprint density at radius 1 is 1.19 bits per heavy atom.